The molecule has 48 valence electrons. The molecule has 0 aromatic heterocycles. The molecule has 0 saturated carbocycles. The molecule has 0 rings (SSSR count). The summed E-state index contributed by atoms with van der Waals surface area (Å²) in [7, 11) is 1.95. The van der Waals surface area contributed by atoms with Gasteiger partial charge in [0, 0.05) is 0 Å². The Kier molecular flexibility index (Phi) is 6.09. The van der Waals surface area contributed by atoms with E-state index in [2.05, 4.69) is 5.32 Å². The summed E-state index contributed by atoms with van der Waals surface area (Å²) in [6.45, 7) is 1.07. The predicted molar refractivity (Wildman–Crippen MR) is 36.5 cm³/mol. The van der Waals surface area contributed by atoms with Crippen molar-refractivity contribution in [3.8, 4) is 0 Å². The van der Waals surface area contributed by atoms with Gasteiger partial charge in [0.05, 0.1) is 0 Å². The monoisotopic (exact) mass is 114 g/mol. The van der Waals surface area contributed by atoms with E-state index in [0.717, 1.165) is 13.0 Å². The van der Waals surface area contributed by atoms with Crippen LogP contribution in [0.3, 0.4) is 0 Å². The molecule has 0 aliphatic carbocycles. The number of unbranched alkanes of at least 4 members (excludes halogenated alkanes) is 1. The molecule has 2 heteroatoms. The smallest absolute Gasteiger partial charge is 0.00490 e. The first-order chi connectivity index (χ1) is 3.91. The van der Waals surface area contributed by atoms with E-state index in [1.54, 1.807) is 6.20 Å². The SMILES string of the molecule is CNCCCC=CN. The topological polar surface area (TPSA) is 38.0 Å². The van der Waals surface area contributed by atoms with E-state index in [1.165, 1.54) is 6.42 Å². The molecule has 0 fully saturated rings. The van der Waals surface area contributed by atoms with Crippen molar-refractivity contribution in [3.05, 3.63) is 12.3 Å². The highest BCUT2D eigenvalue weighted by Crippen LogP contribution is 1.85. The van der Waals surface area contributed by atoms with E-state index in [-0.39, 0.29) is 0 Å². The normalized spacial score (nSPS) is 10.6. The van der Waals surface area contributed by atoms with E-state index >= 15 is 0 Å². The Hall–Kier alpha value is -0.500. The van der Waals surface area contributed by atoms with Gasteiger partial charge in [-0.25, -0.2) is 0 Å². The summed E-state index contributed by atoms with van der Waals surface area (Å²) >= 11 is 0. The lowest BCUT2D eigenvalue weighted by Gasteiger charge is -1.91. The van der Waals surface area contributed by atoms with E-state index in [0.29, 0.717) is 0 Å². The van der Waals surface area contributed by atoms with Gasteiger partial charge in [0.2, 0.25) is 0 Å². The number of allylic oxidation sites excluding steroid dienone is 1. The molecule has 0 radical (unpaired) electrons. The summed E-state index contributed by atoms with van der Waals surface area (Å²) < 4.78 is 0. The maximum Gasteiger partial charge on any atom is -0.00490 e. The first kappa shape index (κ1) is 7.50. The van der Waals surface area contributed by atoms with Crippen LogP contribution < -0.4 is 11.1 Å². The van der Waals surface area contributed by atoms with Crippen molar-refractivity contribution < 1.29 is 0 Å². The van der Waals surface area contributed by atoms with Crippen molar-refractivity contribution >= 4 is 0 Å². The van der Waals surface area contributed by atoms with Crippen molar-refractivity contribution in [1.29, 1.82) is 0 Å². The standard InChI is InChI=1S/C6H14N2/c1-8-6-4-2-3-5-7/h3,5,8H,2,4,6-7H2,1H3. The fourth-order valence-corrected chi connectivity index (χ4v) is 0.493. The van der Waals surface area contributed by atoms with Gasteiger partial charge in [-0.15, -0.1) is 0 Å². The molecule has 0 heterocycles. The third kappa shape index (κ3) is 5.50. The molecule has 0 aliphatic heterocycles. The second-order valence-corrected chi connectivity index (χ2v) is 1.67. The quantitative estimate of drug-likeness (QED) is 0.521. The highest BCUT2D eigenvalue weighted by atomic mass is 14.8. The fraction of sp³-hybridized carbons (Fsp3) is 0.667. The third-order valence-electron chi connectivity index (χ3n) is 0.934. The molecule has 8 heavy (non-hydrogen) atoms. The van der Waals surface area contributed by atoms with E-state index < -0.39 is 0 Å². The van der Waals surface area contributed by atoms with Crippen LogP contribution in [0, 0.1) is 0 Å². The molecular weight excluding hydrogens is 100 g/mol. The minimum Gasteiger partial charge on any atom is -0.405 e. The Morgan fingerprint density at radius 1 is 1.62 bits per heavy atom. The molecule has 0 amide bonds. The van der Waals surface area contributed by atoms with Crippen molar-refractivity contribution in [1.82, 2.24) is 5.32 Å². The Balaban J connectivity index is 2.72. The number of nitrogens with two attached hydrogens (primary N) is 1. The van der Waals surface area contributed by atoms with Crippen LogP contribution in [0.2, 0.25) is 0 Å². The van der Waals surface area contributed by atoms with Gasteiger partial charge in [0.15, 0.2) is 0 Å². The molecule has 0 aromatic carbocycles. The van der Waals surface area contributed by atoms with Crippen LogP contribution in [-0.2, 0) is 0 Å². The van der Waals surface area contributed by atoms with Crippen LogP contribution in [-0.4, -0.2) is 13.6 Å². The lowest BCUT2D eigenvalue weighted by atomic mass is 10.3. The summed E-state index contributed by atoms with van der Waals surface area (Å²) in [6, 6.07) is 0. The van der Waals surface area contributed by atoms with Gasteiger partial charge >= 0.3 is 0 Å². The Labute approximate surface area is 50.8 Å². The fourth-order valence-electron chi connectivity index (χ4n) is 0.493. The lowest BCUT2D eigenvalue weighted by Crippen LogP contribution is -2.06. The van der Waals surface area contributed by atoms with Crippen molar-refractivity contribution in [3.63, 3.8) is 0 Å². The molecule has 0 bridgehead atoms. The van der Waals surface area contributed by atoms with Crippen LogP contribution in [0.5, 0.6) is 0 Å². The summed E-state index contributed by atoms with van der Waals surface area (Å²) in [4.78, 5) is 0. The van der Waals surface area contributed by atoms with Crippen LogP contribution >= 0.6 is 0 Å². The molecule has 0 aliphatic rings. The van der Waals surface area contributed by atoms with Crippen LogP contribution in [0.15, 0.2) is 12.3 Å². The second kappa shape index (κ2) is 6.50. The minimum absolute atomic E-state index is 1.07. The first-order valence-electron chi connectivity index (χ1n) is 2.93. The zero-order valence-corrected chi connectivity index (χ0v) is 5.35. The van der Waals surface area contributed by atoms with Crippen molar-refractivity contribution in [2.45, 2.75) is 12.8 Å². The molecule has 0 spiro atoms. The number of rotatable bonds is 4. The molecular formula is C6H14N2. The van der Waals surface area contributed by atoms with E-state index in [9.17, 15) is 0 Å². The Morgan fingerprint density at radius 2 is 2.38 bits per heavy atom. The molecule has 0 unspecified atom stereocenters. The minimum atomic E-state index is 1.07. The Morgan fingerprint density at radius 3 is 2.88 bits per heavy atom. The highest BCUT2D eigenvalue weighted by molar-refractivity contribution is 4.74. The number of nitrogens with one attached hydrogen (secondary N) is 1. The van der Waals surface area contributed by atoms with Gasteiger partial charge < -0.3 is 11.1 Å². The van der Waals surface area contributed by atoms with E-state index in [4.69, 9.17) is 5.73 Å². The van der Waals surface area contributed by atoms with Crippen LogP contribution in [0.4, 0.5) is 0 Å². The van der Waals surface area contributed by atoms with Crippen LogP contribution in [0.25, 0.3) is 0 Å². The van der Waals surface area contributed by atoms with Crippen molar-refractivity contribution in [2.75, 3.05) is 13.6 Å². The zero-order valence-electron chi connectivity index (χ0n) is 5.35. The van der Waals surface area contributed by atoms with Gasteiger partial charge in [-0.3, -0.25) is 0 Å². The highest BCUT2D eigenvalue weighted by Gasteiger charge is 1.77. The average molecular weight is 114 g/mol. The largest absolute Gasteiger partial charge is 0.405 e. The number of hydrogen-bond donors (Lipinski definition) is 2. The molecule has 0 aromatic rings. The van der Waals surface area contributed by atoms with Gasteiger partial charge in [0.25, 0.3) is 0 Å². The first-order valence-corrected chi connectivity index (χ1v) is 2.93. The second-order valence-electron chi connectivity index (χ2n) is 1.67. The van der Waals surface area contributed by atoms with Gasteiger partial charge in [0.1, 0.15) is 0 Å². The molecule has 3 N–H and O–H groups in total. The van der Waals surface area contributed by atoms with Gasteiger partial charge in [-0.2, -0.15) is 0 Å². The summed E-state index contributed by atoms with van der Waals surface area (Å²) in [5.74, 6) is 0. The van der Waals surface area contributed by atoms with Gasteiger partial charge in [-0.1, -0.05) is 6.08 Å². The summed E-state index contributed by atoms with van der Waals surface area (Å²) in [5.41, 5.74) is 5.11. The predicted octanol–water partition coefficient (Wildman–Crippen LogP) is 0.458. The summed E-state index contributed by atoms with van der Waals surface area (Å²) in [5, 5.41) is 3.05. The number of hydrogen-bond acceptors (Lipinski definition) is 2. The van der Waals surface area contributed by atoms with Crippen LogP contribution in [0.1, 0.15) is 12.8 Å². The maximum atomic E-state index is 5.11. The molecule has 2 nitrogen and oxygen atoms in total. The van der Waals surface area contributed by atoms with Crippen molar-refractivity contribution in [2.24, 2.45) is 5.73 Å². The Bertz CT molecular complexity index is 59.5. The zero-order chi connectivity index (χ0) is 6.24. The molecule has 0 saturated heterocycles. The summed E-state index contributed by atoms with van der Waals surface area (Å²) in [6.07, 6.45) is 5.81. The average Bonchev–Trinajstić information content (AvgIpc) is 1.81. The van der Waals surface area contributed by atoms with Gasteiger partial charge in [-0.05, 0) is 32.6 Å². The lowest BCUT2D eigenvalue weighted by molar-refractivity contribution is 0.735. The maximum absolute atomic E-state index is 5.11. The third-order valence-corrected chi connectivity index (χ3v) is 0.934. The molecule has 0 atom stereocenters. The van der Waals surface area contributed by atoms with E-state index in [1.807, 2.05) is 13.1 Å².